The number of guanidine groups is 1. The van der Waals surface area contributed by atoms with E-state index >= 15 is 0 Å². The second-order valence-electron chi connectivity index (χ2n) is 7.73. The Labute approximate surface area is 192 Å². The standard InChI is InChI=1S/C19H30F3N5S.HI/c1-23-18(25-16-6-9-27(12-16)14-19(20,21)22)24-11-15-4-7-26(8-5-15)13-17-3-2-10-28-17;/h2-3,10,15-16H,4-9,11-14H2,1H3,(H2,23,24,25);1H. The monoisotopic (exact) mass is 545 g/mol. The lowest BCUT2D eigenvalue weighted by Gasteiger charge is -2.32. The number of aliphatic imine (C=N–C) groups is 1. The average molecular weight is 545 g/mol. The number of nitrogens with zero attached hydrogens (tertiary/aromatic N) is 3. The molecule has 166 valence electrons. The molecule has 2 saturated heterocycles. The molecule has 2 N–H and O–H groups in total. The molecule has 10 heteroatoms. The molecule has 1 aromatic rings. The number of piperidine rings is 1. The summed E-state index contributed by atoms with van der Waals surface area (Å²) in [6, 6.07) is 4.30. The van der Waals surface area contributed by atoms with Crippen molar-refractivity contribution < 1.29 is 13.2 Å². The van der Waals surface area contributed by atoms with Gasteiger partial charge in [0.05, 0.1) is 6.54 Å². The van der Waals surface area contributed by atoms with Crippen molar-refractivity contribution in [1.82, 2.24) is 20.4 Å². The lowest BCUT2D eigenvalue weighted by Crippen LogP contribution is -2.47. The van der Waals surface area contributed by atoms with Gasteiger partial charge in [0, 0.05) is 44.1 Å². The smallest absolute Gasteiger partial charge is 0.356 e. The van der Waals surface area contributed by atoms with E-state index in [0.29, 0.717) is 31.4 Å². The first-order valence-corrected chi connectivity index (χ1v) is 10.8. The predicted molar refractivity (Wildman–Crippen MR) is 123 cm³/mol. The summed E-state index contributed by atoms with van der Waals surface area (Å²) in [6.45, 7) is 4.14. The topological polar surface area (TPSA) is 42.9 Å². The molecule has 2 aliphatic heterocycles. The molecule has 0 saturated carbocycles. The van der Waals surface area contributed by atoms with Gasteiger partial charge in [-0.2, -0.15) is 13.2 Å². The predicted octanol–water partition coefficient (Wildman–Crippen LogP) is 3.38. The van der Waals surface area contributed by atoms with Crippen LogP contribution in [-0.2, 0) is 6.54 Å². The van der Waals surface area contributed by atoms with Gasteiger partial charge in [0.2, 0.25) is 0 Å². The van der Waals surface area contributed by atoms with Gasteiger partial charge in [-0.25, -0.2) is 0 Å². The second-order valence-corrected chi connectivity index (χ2v) is 8.76. The summed E-state index contributed by atoms with van der Waals surface area (Å²) in [5.74, 6) is 1.29. The summed E-state index contributed by atoms with van der Waals surface area (Å²) >= 11 is 1.81. The Morgan fingerprint density at radius 1 is 1.21 bits per heavy atom. The first kappa shape index (κ1) is 24.7. The lowest BCUT2D eigenvalue weighted by atomic mass is 9.97. The van der Waals surface area contributed by atoms with E-state index in [-0.39, 0.29) is 30.0 Å². The van der Waals surface area contributed by atoms with Crippen LogP contribution in [0.15, 0.2) is 22.5 Å². The zero-order chi connectivity index (χ0) is 20.0. The maximum atomic E-state index is 12.5. The van der Waals surface area contributed by atoms with Crippen molar-refractivity contribution in [1.29, 1.82) is 0 Å². The Balaban J connectivity index is 0.00000300. The second kappa shape index (κ2) is 11.7. The van der Waals surface area contributed by atoms with E-state index in [1.807, 2.05) is 11.3 Å². The van der Waals surface area contributed by atoms with Gasteiger partial charge in [-0.05, 0) is 49.7 Å². The Kier molecular flexibility index (Phi) is 9.96. The minimum absolute atomic E-state index is 0. The number of halogens is 4. The number of rotatable bonds is 6. The summed E-state index contributed by atoms with van der Waals surface area (Å²) in [5.41, 5.74) is 0. The third-order valence-corrected chi connectivity index (χ3v) is 6.33. The molecule has 2 fully saturated rings. The van der Waals surface area contributed by atoms with Crippen LogP contribution in [0.3, 0.4) is 0 Å². The minimum Gasteiger partial charge on any atom is -0.356 e. The molecule has 0 aliphatic carbocycles. The number of alkyl halides is 3. The Morgan fingerprint density at radius 2 is 1.93 bits per heavy atom. The quantitative estimate of drug-likeness (QED) is 0.327. The van der Waals surface area contributed by atoms with Gasteiger partial charge in [0.1, 0.15) is 0 Å². The van der Waals surface area contributed by atoms with Crippen molar-refractivity contribution in [2.45, 2.75) is 38.0 Å². The van der Waals surface area contributed by atoms with E-state index in [0.717, 1.165) is 39.0 Å². The van der Waals surface area contributed by atoms with E-state index in [1.54, 1.807) is 7.05 Å². The van der Waals surface area contributed by atoms with Gasteiger partial charge in [0.25, 0.3) is 0 Å². The fourth-order valence-corrected chi connectivity index (χ4v) is 4.69. The first-order chi connectivity index (χ1) is 13.4. The van der Waals surface area contributed by atoms with Gasteiger partial charge in [-0.1, -0.05) is 6.07 Å². The van der Waals surface area contributed by atoms with Crippen LogP contribution >= 0.6 is 35.3 Å². The SMILES string of the molecule is CN=C(NCC1CCN(Cc2cccs2)CC1)NC1CCN(CC(F)(F)F)C1.I. The molecule has 5 nitrogen and oxygen atoms in total. The minimum atomic E-state index is -4.13. The highest BCUT2D eigenvalue weighted by atomic mass is 127. The Morgan fingerprint density at radius 3 is 2.55 bits per heavy atom. The maximum Gasteiger partial charge on any atom is 0.401 e. The highest BCUT2D eigenvalue weighted by Crippen LogP contribution is 2.21. The van der Waals surface area contributed by atoms with Crippen molar-refractivity contribution in [3.05, 3.63) is 22.4 Å². The van der Waals surface area contributed by atoms with Crippen LogP contribution in [0.25, 0.3) is 0 Å². The molecule has 1 unspecified atom stereocenters. The fraction of sp³-hybridized carbons (Fsp3) is 0.737. The molecule has 1 atom stereocenters. The summed E-state index contributed by atoms with van der Waals surface area (Å²) in [7, 11) is 1.71. The summed E-state index contributed by atoms with van der Waals surface area (Å²) in [4.78, 5) is 9.62. The third kappa shape index (κ3) is 8.58. The van der Waals surface area contributed by atoms with Crippen molar-refractivity contribution in [3.8, 4) is 0 Å². The van der Waals surface area contributed by atoms with Crippen molar-refractivity contribution in [2.24, 2.45) is 10.9 Å². The number of likely N-dealkylation sites (tertiary alicyclic amines) is 2. The molecule has 0 amide bonds. The molecular weight excluding hydrogens is 514 g/mol. The van der Waals surface area contributed by atoms with E-state index < -0.39 is 12.7 Å². The van der Waals surface area contributed by atoms with Gasteiger partial charge < -0.3 is 10.6 Å². The number of hydrogen-bond donors (Lipinski definition) is 2. The number of thiophene rings is 1. The van der Waals surface area contributed by atoms with Crippen LogP contribution in [0.4, 0.5) is 13.2 Å². The summed E-state index contributed by atoms with van der Waals surface area (Å²) in [6.07, 6.45) is -1.12. The third-order valence-electron chi connectivity index (χ3n) is 5.46. The van der Waals surface area contributed by atoms with Crippen LogP contribution in [-0.4, -0.2) is 74.3 Å². The van der Waals surface area contributed by atoms with E-state index in [1.165, 1.54) is 9.78 Å². The van der Waals surface area contributed by atoms with E-state index in [4.69, 9.17) is 0 Å². The van der Waals surface area contributed by atoms with Gasteiger partial charge in [0.15, 0.2) is 5.96 Å². The Bertz CT molecular complexity index is 618. The normalized spacial score (nSPS) is 22.5. The van der Waals surface area contributed by atoms with Crippen LogP contribution in [0.1, 0.15) is 24.1 Å². The van der Waals surface area contributed by atoms with Crippen LogP contribution in [0.5, 0.6) is 0 Å². The number of nitrogens with one attached hydrogen (secondary N) is 2. The Hall–Kier alpha value is -0.590. The molecule has 0 bridgehead atoms. The first-order valence-electron chi connectivity index (χ1n) is 9.92. The maximum absolute atomic E-state index is 12.5. The van der Waals surface area contributed by atoms with Gasteiger partial charge in [-0.15, -0.1) is 35.3 Å². The van der Waals surface area contributed by atoms with E-state index in [9.17, 15) is 13.2 Å². The summed E-state index contributed by atoms with van der Waals surface area (Å²) < 4.78 is 37.6. The van der Waals surface area contributed by atoms with E-state index in [2.05, 4.69) is 38.0 Å². The molecule has 2 aliphatic rings. The van der Waals surface area contributed by atoms with Crippen molar-refractivity contribution in [3.63, 3.8) is 0 Å². The molecule has 0 radical (unpaired) electrons. The summed E-state index contributed by atoms with van der Waals surface area (Å²) in [5, 5.41) is 8.77. The average Bonchev–Trinajstić information content (AvgIpc) is 3.30. The fourth-order valence-electron chi connectivity index (χ4n) is 3.95. The molecule has 29 heavy (non-hydrogen) atoms. The molecule has 3 rings (SSSR count). The van der Waals surface area contributed by atoms with Gasteiger partial charge >= 0.3 is 6.18 Å². The van der Waals surface area contributed by atoms with Crippen molar-refractivity contribution in [2.75, 3.05) is 46.3 Å². The molecular formula is C19H31F3IN5S. The van der Waals surface area contributed by atoms with Crippen molar-refractivity contribution >= 4 is 41.3 Å². The van der Waals surface area contributed by atoms with Crippen LogP contribution in [0.2, 0.25) is 0 Å². The molecule has 3 heterocycles. The lowest BCUT2D eigenvalue weighted by molar-refractivity contribution is -0.143. The highest BCUT2D eigenvalue weighted by molar-refractivity contribution is 14.0. The zero-order valence-corrected chi connectivity index (χ0v) is 19.9. The molecule has 1 aromatic heterocycles. The highest BCUT2D eigenvalue weighted by Gasteiger charge is 2.34. The van der Waals surface area contributed by atoms with Crippen LogP contribution in [0, 0.1) is 5.92 Å². The largest absolute Gasteiger partial charge is 0.401 e. The molecule has 0 spiro atoms. The number of hydrogen-bond acceptors (Lipinski definition) is 4. The van der Waals surface area contributed by atoms with Gasteiger partial charge in [-0.3, -0.25) is 14.8 Å². The zero-order valence-electron chi connectivity index (χ0n) is 16.7. The van der Waals surface area contributed by atoms with Crippen LogP contribution < -0.4 is 10.6 Å². The molecule has 0 aromatic carbocycles.